The second-order valence-corrected chi connectivity index (χ2v) is 7.75. The van der Waals surface area contributed by atoms with Gasteiger partial charge < -0.3 is 24.3 Å². The number of nitrogens with one attached hydrogen (secondary N) is 1. The molecule has 0 unspecified atom stereocenters. The summed E-state index contributed by atoms with van der Waals surface area (Å²) in [5.74, 6) is 2.54. The van der Waals surface area contributed by atoms with Gasteiger partial charge in [-0.15, -0.1) is 0 Å². The number of aromatic nitrogens is 4. The lowest BCUT2D eigenvalue weighted by Crippen LogP contribution is -2.19. The highest BCUT2D eigenvalue weighted by atomic mass is 16.5. The van der Waals surface area contributed by atoms with Crippen LogP contribution in [-0.2, 0) is 13.6 Å². The summed E-state index contributed by atoms with van der Waals surface area (Å²) in [5.41, 5.74) is 2.89. The molecule has 0 saturated carbocycles. The Balaban J connectivity index is 1.80. The van der Waals surface area contributed by atoms with Gasteiger partial charge in [0.15, 0.2) is 11.5 Å². The standard InChI is InChI=1S/C24H26N6O3/c1-29(2)21-10-15(8-9-25-21)13-26-23-22-18(27-14-30(3)24(22)31)12-17(28-23)16-6-7-19(32-4)20(11-16)33-5/h6-12,14H,13H2,1-5H3,(H,26,28). The molecule has 1 aromatic carbocycles. The molecule has 0 aliphatic rings. The van der Waals surface area contributed by atoms with Gasteiger partial charge in [0, 0.05) is 39.4 Å². The monoisotopic (exact) mass is 446 g/mol. The maximum Gasteiger partial charge on any atom is 0.264 e. The van der Waals surface area contributed by atoms with Crippen LogP contribution in [0.15, 0.2) is 53.7 Å². The zero-order valence-corrected chi connectivity index (χ0v) is 19.3. The van der Waals surface area contributed by atoms with Crippen molar-refractivity contribution in [3.8, 4) is 22.8 Å². The molecule has 170 valence electrons. The number of nitrogens with zero attached hydrogens (tertiary/aromatic N) is 5. The van der Waals surface area contributed by atoms with E-state index < -0.39 is 0 Å². The Bertz CT molecular complexity index is 1370. The molecule has 0 bridgehead atoms. The summed E-state index contributed by atoms with van der Waals surface area (Å²) < 4.78 is 12.2. The van der Waals surface area contributed by atoms with Crippen LogP contribution < -0.4 is 25.2 Å². The molecule has 4 rings (SSSR count). The third-order valence-corrected chi connectivity index (χ3v) is 5.31. The number of rotatable bonds is 7. The van der Waals surface area contributed by atoms with Gasteiger partial charge >= 0.3 is 0 Å². The average Bonchev–Trinajstić information content (AvgIpc) is 2.84. The number of hydrogen-bond acceptors (Lipinski definition) is 8. The molecule has 3 heterocycles. The molecule has 0 saturated heterocycles. The Hall–Kier alpha value is -4.14. The topological polar surface area (TPSA) is 94.4 Å². The summed E-state index contributed by atoms with van der Waals surface area (Å²) in [6.07, 6.45) is 3.28. The third-order valence-electron chi connectivity index (χ3n) is 5.31. The zero-order chi connectivity index (χ0) is 23.5. The molecule has 0 radical (unpaired) electrons. The first-order chi connectivity index (χ1) is 15.9. The van der Waals surface area contributed by atoms with E-state index in [1.54, 1.807) is 33.5 Å². The molecule has 0 spiro atoms. The number of benzene rings is 1. The highest BCUT2D eigenvalue weighted by Gasteiger charge is 2.15. The summed E-state index contributed by atoms with van der Waals surface area (Å²) in [6, 6.07) is 11.3. The first kappa shape index (κ1) is 22.1. The molecule has 0 aliphatic carbocycles. The van der Waals surface area contributed by atoms with E-state index in [1.165, 1.54) is 10.9 Å². The number of ether oxygens (including phenoxy) is 2. The van der Waals surface area contributed by atoms with Crippen molar-refractivity contribution in [2.45, 2.75) is 6.54 Å². The van der Waals surface area contributed by atoms with Crippen molar-refractivity contribution >= 4 is 22.5 Å². The van der Waals surface area contributed by atoms with E-state index in [4.69, 9.17) is 14.5 Å². The van der Waals surface area contributed by atoms with Crippen molar-refractivity contribution in [3.05, 3.63) is 64.8 Å². The van der Waals surface area contributed by atoms with Crippen molar-refractivity contribution in [2.75, 3.05) is 38.5 Å². The molecule has 0 fully saturated rings. The number of hydrogen-bond donors (Lipinski definition) is 1. The number of methoxy groups -OCH3 is 2. The second kappa shape index (κ2) is 9.15. The van der Waals surface area contributed by atoms with E-state index in [0.717, 1.165) is 16.9 Å². The quantitative estimate of drug-likeness (QED) is 0.463. The van der Waals surface area contributed by atoms with E-state index in [1.807, 2.05) is 49.3 Å². The minimum Gasteiger partial charge on any atom is -0.493 e. The Morgan fingerprint density at radius 1 is 1.03 bits per heavy atom. The van der Waals surface area contributed by atoms with Gasteiger partial charge in [0.05, 0.1) is 31.8 Å². The molecule has 1 N–H and O–H groups in total. The van der Waals surface area contributed by atoms with Gasteiger partial charge in [-0.1, -0.05) is 0 Å². The molecule has 0 amide bonds. The second-order valence-electron chi connectivity index (χ2n) is 7.75. The fourth-order valence-corrected chi connectivity index (χ4v) is 3.49. The van der Waals surface area contributed by atoms with Crippen molar-refractivity contribution in [1.82, 2.24) is 19.5 Å². The van der Waals surface area contributed by atoms with Gasteiger partial charge in [0.25, 0.3) is 5.56 Å². The van der Waals surface area contributed by atoms with Gasteiger partial charge in [0.1, 0.15) is 17.0 Å². The van der Waals surface area contributed by atoms with E-state index in [9.17, 15) is 4.79 Å². The van der Waals surface area contributed by atoms with Crippen molar-refractivity contribution in [1.29, 1.82) is 0 Å². The minimum atomic E-state index is -0.169. The van der Waals surface area contributed by atoms with Crippen LogP contribution in [0.4, 0.5) is 11.6 Å². The normalized spacial score (nSPS) is 10.8. The summed E-state index contributed by atoms with van der Waals surface area (Å²) >= 11 is 0. The predicted octanol–water partition coefficient (Wildman–Crippen LogP) is 3.09. The Labute approximate surface area is 191 Å². The Morgan fingerprint density at radius 2 is 1.82 bits per heavy atom. The maximum absolute atomic E-state index is 12.9. The molecule has 4 aromatic rings. The molecule has 0 aliphatic heterocycles. The van der Waals surface area contributed by atoms with Crippen molar-refractivity contribution in [2.24, 2.45) is 7.05 Å². The molecule has 33 heavy (non-hydrogen) atoms. The number of pyridine rings is 2. The van der Waals surface area contributed by atoms with E-state index in [0.29, 0.717) is 40.5 Å². The molecule has 0 atom stereocenters. The lowest BCUT2D eigenvalue weighted by atomic mass is 10.1. The molecule has 3 aromatic heterocycles. The van der Waals surface area contributed by atoms with Gasteiger partial charge in [-0.3, -0.25) is 4.79 Å². The van der Waals surface area contributed by atoms with Crippen LogP contribution in [0.3, 0.4) is 0 Å². The Kier molecular flexibility index (Phi) is 6.12. The van der Waals surface area contributed by atoms with Crippen LogP contribution in [0.2, 0.25) is 0 Å². The zero-order valence-electron chi connectivity index (χ0n) is 19.3. The average molecular weight is 447 g/mol. The Morgan fingerprint density at radius 3 is 2.55 bits per heavy atom. The van der Waals surface area contributed by atoms with Crippen LogP contribution in [0, 0.1) is 0 Å². The van der Waals surface area contributed by atoms with Gasteiger partial charge in [0.2, 0.25) is 0 Å². The van der Waals surface area contributed by atoms with Crippen LogP contribution in [0.5, 0.6) is 11.5 Å². The SMILES string of the molecule is COc1ccc(-c2cc3ncn(C)c(=O)c3c(NCc3ccnc(N(C)C)c3)n2)cc1OC. The number of anilines is 2. The first-order valence-electron chi connectivity index (χ1n) is 10.4. The number of fused-ring (bicyclic) bond motifs is 1. The molecular weight excluding hydrogens is 420 g/mol. The maximum atomic E-state index is 12.9. The van der Waals surface area contributed by atoms with E-state index >= 15 is 0 Å². The minimum absolute atomic E-state index is 0.169. The van der Waals surface area contributed by atoms with Crippen molar-refractivity contribution < 1.29 is 9.47 Å². The number of aryl methyl sites for hydroxylation is 1. The van der Waals surface area contributed by atoms with Crippen LogP contribution in [-0.4, -0.2) is 47.8 Å². The van der Waals surface area contributed by atoms with Gasteiger partial charge in [-0.25, -0.2) is 15.0 Å². The van der Waals surface area contributed by atoms with Crippen molar-refractivity contribution in [3.63, 3.8) is 0 Å². The highest BCUT2D eigenvalue weighted by molar-refractivity contribution is 5.91. The summed E-state index contributed by atoms with van der Waals surface area (Å²) in [6.45, 7) is 0.471. The van der Waals surface area contributed by atoms with Crippen LogP contribution in [0.25, 0.3) is 22.2 Å². The van der Waals surface area contributed by atoms with Crippen LogP contribution in [0.1, 0.15) is 5.56 Å². The largest absolute Gasteiger partial charge is 0.493 e. The summed E-state index contributed by atoms with van der Waals surface area (Å²) in [4.78, 5) is 28.5. The summed E-state index contributed by atoms with van der Waals surface area (Å²) in [5, 5.41) is 3.77. The fraction of sp³-hybridized carbons (Fsp3) is 0.250. The molecular formula is C24H26N6O3. The highest BCUT2D eigenvalue weighted by Crippen LogP contribution is 2.33. The van der Waals surface area contributed by atoms with Gasteiger partial charge in [-0.2, -0.15) is 0 Å². The lowest BCUT2D eigenvalue weighted by molar-refractivity contribution is 0.355. The fourth-order valence-electron chi connectivity index (χ4n) is 3.49. The van der Waals surface area contributed by atoms with Crippen LogP contribution >= 0.6 is 0 Å². The van der Waals surface area contributed by atoms with E-state index in [-0.39, 0.29) is 5.56 Å². The van der Waals surface area contributed by atoms with Gasteiger partial charge in [-0.05, 0) is 42.0 Å². The smallest absolute Gasteiger partial charge is 0.264 e. The summed E-state index contributed by atoms with van der Waals surface area (Å²) in [7, 11) is 8.74. The molecule has 9 nitrogen and oxygen atoms in total. The predicted molar refractivity (Wildman–Crippen MR) is 129 cm³/mol. The van der Waals surface area contributed by atoms with E-state index in [2.05, 4.69) is 15.3 Å². The lowest BCUT2D eigenvalue weighted by Gasteiger charge is -2.15. The third kappa shape index (κ3) is 4.43. The molecule has 9 heteroatoms. The first-order valence-corrected chi connectivity index (χ1v) is 10.4.